The number of oxime groups is 1. The maximum Gasteiger partial charge on any atom is 0.278 e. The summed E-state index contributed by atoms with van der Waals surface area (Å²) < 4.78 is 10.6. The van der Waals surface area contributed by atoms with Crippen LogP contribution in [-0.4, -0.2) is 30.7 Å². The molecule has 2 aliphatic rings. The lowest BCUT2D eigenvalue weighted by Gasteiger charge is -2.15. The molecule has 144 valence electrons. The van der Waals surface area contributed by atoms with Gasteiger partial charge in [-0.1, -0.05) is 17.3 Å². The summed E-state index contributed by atoms with van der Waals surface area (Å²) in [6.45, 7) is 0. The Morgan fingerprint density at radius 2 is 1.76 bits per heavy atom. The number of methoxy groups -OCH3 is 1. The van der Waals surface area contributed by atoms with Gasteiger partial charge in [-0.15, -0.1) is 0 Å². The molecule has 8 nitrogen and oxygen atoms in total. The summed E-state index contributed by atoms with van der Waals surface area (Å²) >= 11 is 0. The van der Waals surface area contributed by atoms with Gasteiger partial charge in [0.1, 0.15) is 29.2 Å². The van der Waals surface area contributed by atoms with Gasteiger partial charge >= 0.3 is 0 Å². The van der Waals surface area contributed by atoms with Crippen LogP contribution in [0, 0.1) is 5.92 Å². The van der Waals surface area contributed by atoms with Crippen LogP contribution in [0.4, 0.5) is 5.69 Å². The summed E-state index contributed by atoms with van der Waals surface area (Å²) in [5, 5.41) is 4.24. The van der Waals surface area contributed by atoms with Crippen LogP contribution in [0.25, 0.3) is 11.0 Å². The number of hydrogen-bond acceptors (Lipinski definition) is 7. The van der Waals surface area contributed by atoms with E-state index in [0.717, 1.165) is 4.90 Å². The largest absolute Gasteiger partial charge is 0.497 e. The van der Waals surface area contributed by atoms with Crippen molar-refractivity contribution >= 4 is 34.2 Å². The fourth-order valence-electron chi connectivity index (χ4n) is 3.64. The molecule has 3 aromatic rings. The molecule has 0 aliphatic carbocycles. The lowest BCUT2D eigenvalue weighted by molar-refractivity contribution is -0.126. The fraction of sp³-hybridized carbons (Fsp3) is 0.143. The standard InChI is InChI=1S/C21H14N2O6/c1-27-12-8-6-11(7-9-12)23-20(25)16-17(22-29-19(16)21(23)26)14-10-28-15-5-3-2-4-13(15)18(14)24/h2-10,16,19H,1H3. The van der Waals surface area contributed by atoms with Crippen LogP contribution in [0.15, 0.2) is 69.2 Å². The van der Waals surface area contributed by atoms with E-state index in [2.05, 4.69) is 5.16 Å². The number of hydrogen-bond donors (Lipinski definition) is 0. The molecule has 0 N–H and O–H groups in total. The number of ether oxygens (including phenoxy) is 1. The molecular formula is C21H14N2O6. The van der Waals surface area contributed by atoms with Crippen LogP contribution in [0.2, 0.25) is 0 Å². The van der Waals surface area contributed by atoms with Crippen molar-refractivity contribution in [3.8, 4) is 5.75 Å². The van der Waals surface area contributed by atoms with Crippen molar-refractivity contribution in [2.45, 2.75) is 6.10 Å². The summed E-state index contributed by atoms with van der Waals surface area (Å²) in [5.74, 6) is -1.45. The van der Waals surface area contributed by atoms with Crippen molar-refractivity contribution in [3.63, 3.8) is 0 Å². The molecule has 2 atom stereocenters. The van der Waals surface area contributed by atoms with Gasteiger partial charge in [0.05, 0.1) is 23.7 Å². The number of rotatable bonds is 3. The van der Waals surface area contributed by atoms with Gasteiger partial charge in [0.15, 0.2) is 0 Å². The molecule has 29 heavy (non-hydrogen) atoms. The van der Waals surface area contributed by atoms with Crippen LogP contribution in [0.1, 0.15) is 5.56 Å². The Balaban J connectivity index is 1.55. The van der Waals surface area contributed by atoms with Crippen molar-refractivity contribution in [1.29, 1.82) is 0 Å². The summed E-state index contributed by atoms with van der Waals surface area (Å²) in [7, 11) is 1.53. The van der Waals surface area contributed by atoms with Crippen molar-refractivity contribution in [3.05, 3.63) is 70.6 Å². The van der Waals surface area contributed by atoms with Gasteiger partial charge in [0.2, 0.25) is 17.4 Å². The predicted octanol–water partition coefficient (Wildman–Crippen LogP) is 2.09. The molecular weight excluding hydrogens is 376 g/mol. The molecule has 0 saturated carbocycles. The van der Waals surface area contributed by atoms with E-state index < -0.39 is 23.8 Å². The minimum absolute atomic E-state index is 0.101. The molecule has 3 heterocycles. The van der Waals surface area contributed by atoms with Gasteiger partial charge < -0.3 is 14.0 Å². The summed E-state index contributed by atoms with van der Waals surface area (Å²) in [6, 6.07) is 13.3. The Kier molecular flexibility index (Phi) is 3.73. The fourth-order valence-corrected chi connectivity index (χ4v) is 3.64. The quantitative estimate of drug-likeness (QED) is 0.635. The third kappa shape index (κ3) is 2.46. The van der Waals surface area contributed by atoms with E-state index >= 15 is 0 Å². The lowest BCUT2D eigenvalue weighted by Crippen LogP contribution is -2.33. The lowest BCUT2D eigenvalue weighted by atomic mass is 9.94. The van der Waals surface area contributed by atoms with E-state index in [1.165, 1.54) is 13.4 Å². The highest BCUT2D eigenvalue weighted by atomic mass is 16.7. The average Bonchev–Trinajstić information content (AvgIpc) is 3.29. The first-order valence-electron chi connectivity index (χ1n) is 8.86. The number of nitrogens with zero attached hydrogens (tertiary/aromatic N) is 2. The zero-order valence-corrected chi connectivity index (χ0v) is 15.2. The van der Waals surface area contributed by atoms with E-state index in [0.29, 0.717) is 22.4 Å². The summed E-state index contributed by atoms with van der Waals surface area (Å²) in [5.41, 5.74) is 0.686. The monoisotopic (exact) mass is 390 g/mol. The van der Waals surface area contributed by atoms with E-state index in [1.807, 2.05) is 0 Å². The van der Waals surface area contributed by atoms with Crippen LogP contribution >= 0.6 is 0 Å². The highest BCUT2D eigenvalue weighted by molar-refractivity contribution is 6.32. The van der Waals surface area contributed by atoms with Gasteiger partial charge in [-0.3, -0.25) is 14.4 Å². The maximum atomic E-state index is 13.1. The molecule has 2 unspecified atom stereocenters. The zero-order valence-electron chi connectivity index (χ0n) is 15.2. The number of anilines is 1. The topological polar surface area (TPSA) is 98.4 Å². The highest BCUT2D eigenvalue weighted by Crippen LogP contribution is 2.35. The number of para-hydroxylation sites is 1. The van der Waals surface area contributed by atoms with Gasteiger partial charge in [-0.25, -0.2) is 4.90 Å². The van der Waals surface area contributed by atoms with Gasteiger partial charge in [-0.2, -0.15) is 0 Å². The first-order chi connectivity index (χ1) is 14.1. The second kappa shape index (κ2) is 6.30. The van der Waals surface area contributed by atoms with E-state index in [-0.39, 0.29) is 16.7 Å². The molecule has 8 heteroatoms. The van der Waals surface area contributed by atoms with Gasteiger partial charge in [-0.05, 0) is 36.4 Å². The van der Waals surface area contributed by atoms with E-state index in [9.17, 15) is 14.4 Å². The third-order valence-corrected chi connectivity index (χ3v) is 5.10. The zero-order chi connectivity index (χ0) is 20.1. The third-order valence-electron chi connectivity index (χ3n) is 5.10. The van der Waals surface area contributed by atoms with E-state index in [1.54, 1.807) is 48.5 Å². The molecule has 2 amide bonds. The number of carbonyl (C=O) groups excluding carboxylic acids is 2. The van der Waals surface area contributed by atoms with Gasteiger partial charge in [0, 0.05) is 0 Å². The van der Waals surface area contributed by atoms with Crippen molar-refractivity contribution in [1.82, 2.24) is 0 Å². The SMILES string of the molecule is COc1ccc(N2C(=O)C3ON=C(c4coc5ccccc5c4=O)C3C2=O)cc1. The van der Waals surface area contributed by atoms with Crippen LogP contribution in [0.3, 0.4) is 0 Å². The van der Waals surface area contributed by atoms with Crippen molar-refractivity contribution in [2.24, 2.45) is 11.1 Å². The number of imide groups is 1. The van der Waals surface area contributed by atoms with Crippen LogP contribution < -0.4 is 15.1 Å². The second-order valence-electron chi connectivity index (χ2n) is 6.66. The summed E-state index contributed by atoms with van der Waals surface area (Å²) in [4.78, 5) is 45.1. The average molecular weight is 390 g/mol. The molecule has 1 aromatic heterocycles. The molecule has 2 aliphatic heterocycles. The first kappa shape index (κ1) is 17.2. The number of amides is 2. The van der Waals surface area contributed by atoms with Crippen molar-refractivity contribution < 1.29 is 23.6 Å². The Morgan fingerprint density at radius 1 is 1.00 bits per heavy atom. The maximum absolute atomic E-state index is 13.1. The van der Waals surface area contributed by atoms with Crippen molar-refractivity contribution in [2.75, 3.05) is 12.0 Å². The summed E-state index contributed by atoms with van der Waals surface area (Å²) in [6.07, 6.45) is 0.147. The molecule has 0 radical (unpaired) electrons. The molecule has 5 rings (SSSR count). The van der Waals surface area contributed by atoms with Gasteiger partial charge in [0.25, 0.3) is 5.91 Å². The molecule has 2 aromatic carbocycles. The minimum Gasteiger partial charge on any atom is -0.497 e. The van der Waals surface area contributed by atoms with E-state index in [4.69, 9.17) is 14.0 Å². The number of carbonyl (C=O) groups is 2. The first-order valence-corrected chi connectivity index (χ1v) is 8.86. The molecule has 0 spiro atoms. The predicted molar refractivity (Wildman–Crippen MR) is 103 cm³/mol. The highest BCUT2D eigenvalue weighted by Gasteiger charge is 2.56. The molecule has 1 saturated heterocycles. The number of fused-ring (bicyclic) bond motifs is 2. The second-order valence-corrected chi connectivity index (χ2v) is 6.66. The van der Waals surface area contributed by atoms with Crippen LogP contribution in [-0.2, 0) is 14.4 Å². The number of benzene rings is 2. The Bertz CT molecular complexity index is 1240. The smallest absolute Gasteiger partial charge is 0.278 e. The molecule has 1 fully saturated rings. The normalized spacial score (nSPS) is 20.6. The molecule has 0 bridgehead atoms. The van der Waals surface area contributed by atoms with Crippen LogP contribution in [0.5, 0.6) is 5.75 Å². The minimum atomic E-state index is -1.11. The Labute approximate surface area is 163 Å². The Hall–Kier alpha value is -3.94. The Morgan fingerprint density at radius 3 is 2.52 bits per heavy atom.